The van der Waals surface area contributed by atoms with Crippen molar-refractivity contribution in [1.82, 2.24) is 0 Å². The molecule has 2 aromatic carbocycles. The summed E-state index contributed by atoms with van der Waals surface area (Å²) in [5, 5.41) is 0. The molecular weight excluding hydrogens is 348 g/mol. The Balaban J connectivity index is 2.09. The van der Waals surface area contributed by atoms with Gasteiger partial charge in [-0.15, -0.1) is 0 Å². The molecule has 0 spiro atoms. The Hall–Kier alpha value is -2.94. The van der Waals surface area contributed by atoms with E-state index >= 15 is 0 Å². The summed E-state index contributed by atoms with van der Waals surface area (Å²) in [7, 11) is 0. The second-order valence-electron chi connectivity index (χ2n) is 8.13. The summed E-state index contributed by atoms with van der Waals surface area (Å²) in [5.74, 6) is 2.26. The van der Waals surface area contributed by atoms with Crippen molar-refractivity contribution < 1.29 is 14.2 Å². The molecule has 0 aromatic heterocycles. The van der Waals surface area contributed by atoms with Crippen LogP contribution in [-0.4, -0.2) is 0 Å². The lowest BCUT2D eigenvalue weighted by atomic mass is 9.59. The molecule has 0 radical (unpaired) electrons. The maximum Gasteiger partial charge on any atom is 0.133 e. The van der Waals surface area contributed by atoms with Gasteiger partial charge in [0.25, 0.3) is 0 Å². The summed E-state index contributed by atoms with van der Waals surface area (Å²) in [6.07, 6.45) is 6.20. The van der Waals surface area contributed by atoms with Crippen LogP contribution in [-0.2, 0) is 17.3 Å². The number of ether oxygens (including phenoxy) is 3. The molecule has 0 N–H and O–H groups in total. The lowest BCUT2D eigenvalue weighted by molar-refractivity contribution is 0.288. The largest absolute Gasteiger partial charge is 0.466 e. The monoisotopic (exact) mass is 376 g/mol. The minimum absolute atomic E-state index is 0.0107. The molecule has 1 aliphatic carbocycles. The summed E-state index contributed by atoms with van der Waals surface area (Å²) in [6.45, 7) is 17.9. The molecule has 0 saturated carbocycles. The van der Waals surface area contributed by atoms with Crippen LogP contribution in [0.15, 0.2) is 74.9 Å². The second kappa shape index (κ2) is 7.59. The van der Waals surface area contributed by atoms with E-state index in [1.165, 1.54) is 29.9 Å². The van der Waals surface area contributed by atoms with Crippen LogP contribution in [0, 0.1) is 0 Å². The minimum atomic E-state index is -0.117. The Morgan fingerprint density at radius 3 is 1.96 bits per heavy atom. The Morgan fingerprint density at radius 2 is 1.36 bits per heavy atom. The molecule has 146 valence electrons. The van der Waals surface area contributed by atoms with Gasteiger partial charge in [0.2, 0.25) is 0 Å². The molecule has 0 bridgehead atoms. The normalized spacial score (nSPS) is 19.8. The molecule has 0 amide bonds. The van der Waals surface area contributed by atoms with Gasteiger partial charge < -0.3 is 14.2 Å². The van der Waals surface area contributed by atoms with E-state index in [4.69, 9.17) is 14.2 Å². The van der Waals surface area contributed by atoms with Crippen molar-refractivity contribution in [3.05, 3.63) is 91.6 Å². The highest BCUT2D eigenvalue weighted by Gasteiger charge is 2.42. The summed E-state index contributed by atoms with van der Waals surface area (Å²) in [4.78, 5) is 0. The van der Waals surface area contributed by atoms with Crippen LogP contribution in [0.5, 0.6) is 17.2 Å². The van der Waals surface area contributed by atoms with Gasteiger partial charge in [-0.05, 0) is 47.6 Å². The van der Waals surface area contributed by atoms with Crippen LogP contribution in [0.25, 0.3) is 0 Å². The molecule has 3 rings (SSSR count). The van der Waals surface area contributed by atoms with Gasteiger partial charge in [-0.25, -0.2) is 0 Å². The first-order chi connectivity index (χ1) is 13.3. The Kier molecular flexibility index (Phi) is 5.37. The van der Waals surface area contributed by atoms with Gasteiger partial charge in [-0.2, -0.15) is 0 Å². The first-order valence-corrected chi connectivity index (χ1v) is 9.43. The molecule has 3 nitrogen and oxygen atoms in total. The lowest BCUT2D eigenvalue weighted by Gasteiger charge is -2.45. The summed E-state index contributed by atoms with van der Waals surface area (Å²) in [6, 6.07) is 12.2. The fourth-order valence-electron chi connectivity index (χ4n) is 4.65. The summed E-state index contributed by atoms with van der Waals surface area (Å²) in [5.41, 5.74) is 3.68. The number of hydrogen-bond donors (Lipinski definition) is 0. The molecule has 1 unspecified atom stereocenters. The molecule has 0 fully saturated rings. The molecule has 0 aliphatic heterocycles. The van der Waals surface area contributed by atoms with E-state index in [1.54, 1.807) is 0 Å². The van der Waals surface area contributed by atoms with Crippen LogP contribution >= 0.6 is 0 Å². The summed E-state index contributed by atoms with van der Waals surface area (Å²) < 4.78 is 16.7. The van der Waals surface area contributed by atoms with Gasteiger partial charge in [-0.3, -0.25) is 0 Å². The maximum atomic E-state index is 5.77. The predicted octanol–water partition coefficient (Wildman–Crippen LogP) is 6.44. The highest BCUT2D eigenvalue weighted by atomic mass is 16.5. The van der Waals surface area contributed by atoms with E-state index < -0.39 is 0 Å². The van der Waals surface area contributed by atoms with E-state index in [2.05, 4.69) is 58.7 Å². The van der Waals surface area contributed by atoms with Gasteiger partial charge >= 0.3 is 0 Å². The van der Waals surface area contributed by atoms with Crippen molar-refractivity contribution in [3.8, 4) is 17.2 Å². The summed E-state index contributed by atoms with van der Waals surface area (Å²) >= 11 is 0. The first kappa shape index (κ1) is 19.8. The zero-order valence-electron chi connectivity index (χ0n) is 17.0. The van der Waals surface area contributed by atoms with Crippen molar-refractivity contribution in [3.63, 3.8) is 0 Å². The topological polar surface area (TPSA) is 27.7 Å². The quantitative estimate of drug-likeness (QED) is 0.521. The molecule has 1 atom stereocenters. The van der Waals surface area contributed by atoms with Gasteiger partial charge in [0.1, 0.15) is 17.2 Å². The van der Waals surface area contributed by atoms with E-state index in [1.807, 2.05) is 18.2 Å². The lowest BCUT2D eigenvalue weighted by Crippen LogP contribution is -2.39. The Labute approximate surface area is 167 Å². The highest BCUT2D eigenvalue weighted by Crippen LogP contribution is 2.50. The van der Waals surface area contributed by atoms with Crippen molar-refractivity contribution in [1.29, 1.82) is 0 Å². The molecule has 2 aromatic rings. The molecular formula is C25H28O3. The average molecular weight is 376 g/mol. The smallest absolute Gasteiger partial charge is 0.133 e. The van der Waals surface area contributed by atoms with Gasteiger partial charge in [0.15, 0.2) is 0 Å². The zero-order chi connectivity index (χ0) is 20.4. The average Bonchev–Trinajstić information content (AvgIpc) is 2.61. The van der Waals surface area contributed by atoms with Crippen molar-refractivity contribution in [2.24, 2.45) is 0 Å². The maximum absolute atomic E-state index is 5.77. The fourth-order valence-corrected chi connectivity index (χ4v) is 4.65. The SMILES string of the molecule is C=COc1ccc2c(c1)CC(C)(c1ccc(OC=C)cc1OC=C)CC2(C)C. The Bertz CT molecular complexity index is 910. The fraction of sp³-hybridized carbons (Fsp3) is 0.280. The molecule has 3 heteroatoms. The second-order valence-corrected chi connectivity index (χ2v) is 8.13. The van der Waals surface area contributed by atoms with Crippen molar-refractivity contribution in [2.45, 2.75) is 44.4 Å². The predicted molar refractivity (Wildman–Crippen MR) is 114 cm³/mol. The van der Waals surface area contributed by atoms with Gasteiger partial charge in [-0.1, -0.05) is 52.6 Å². The van der Waals surface area contributed by atoms with Crippen molar-refractivity contribution >= 4 is 0 Å². The molecule has 0 heterocycles. The molecule has 28 heavy (non-hydrogen) atoms. The van der Waals surface area contributed by atoms with Gasteiger partial charge in [0.05, 0.1) is 18.8 Å². The van der Waals surface area contributed by atoms with Crippen LogP contribution in [0.2, 0.25) is 0 Å². The number of hydrogen-bond acceptors (Lipinski definition) is 3. The number of rotatable bonds is 7. The standard InChI is InChI=1S/C25H28O3/c1-7-26-19-10-12-21-18(14-19)16-25(6,17-24(21,4)5)22-13-11-20(27-8-2)15-23(22)28-9-3/h7-15H,1-3,16-17H2,4-6H3. The molecule has 1 aliphatic rings. The third-order valence-electron chi connectivity index (χ3n) is 5.47. The van der Waals surface area contributed by atoms with Gasteiger partial charge in [0, 0.05) is 17.0 Å². The highest BCUT2D eigenvalue weighted by molar-refractivity contribution is 5.51. The Morgan fingerprint density at radius 1 is 0.786 bits per heavy atom. The van der Waals surface area contributed by atoms with E-state index in [9.17, 15) is 0 Å². The third-order valence-corrected chi connectivity index (χ3v) is 5.47. The van der Waals surface area contributed by atoms with Crippen molar-refractivity contribution in [2.75, 3.05) is 0 Å². The van der Waals surface area contributed by atoms with E-state index in [0.717, 1.165) is 29.9 Å². The van der Waals surface area contributed by atoms with Crippen LogP contribution < -0.4 is 14.2 Å². The minimum Gasteiger partial charge on any atom is -0.466 e. The number of fused-ring (bicyclic) bond motifs is 1. The van der Waals surface area contributed by atoms with E-state index in [0.29, 0.717) is 5.75 Å². The van der Waals surface area contributed by atoms with Crippen LogP contribution in [0.1, 0.15) is 43.9 Å². The number of benzene rings is 2. The van der Waals surface area contributed by atoms with E-state index in [-0.39, 0.29) is 10.8 Å². The zero-order valence-corrected chi connectivity index (χ0v) is 17.0. The first-order valence-electron chi connectivity index (χ1n) is 9.43. The van der Waals surface area contributed by atoms with Crippen LogP contribution in [0.3, 0.4) is 0 Å². The molecule has 0 saturated heterocycles. The van der Waals surface area contributed by atoms with Crippen LogP contribution in [0.4, 0.5) is 0 Å². The third kappa shape index (κ3) is 3.70.